The van der Waals surface area contributed by atoms with Crippen molar-refractivity contribution in [3.63, 3.8) is 0 Å². The number of amides is 1. The van der Waals surface area contributed by atoms with E-state index < -0.39 is 30.4 Å². The highest BCUT2D eigenvalue weighted by Gasteiger charge is 2.47. The summed E-state index contributed by atoms with van der Waals surface area (Å²) in [6, 6.07) is 3.75. The number of aryl methyl sites for hydroxylation is 1. The van der Waals surface area contributed by atoms with Crippen molar-refractivity contribution in [3.8, 4) is 0 Å². The molecule has 1 amide bonds. The Labute approximate surface area is 198 Å². The maximum Gasteiger partial charge on any atom is 0.263 e. The molecule has 0 bridgehead atoms. The SMILES string of the molecule is CNC(=O)[C@H]1O[C@@H](n2cnc3c(NCc4cc(C)c5oc(C(C)=O)nc5c4)ncnc32)[C@H](O)[C@@H]1O. The molecule has 1 aliphatic heterocycles. The number of aliphatic hydroxyl groups excluding tert-OH is 2. The Kier molecular flexibility index (Phi) is 5.67. The number of nitrogens with one attached hydrogen (secondary N) is 2. The fourth-order valence-electron chi connectivity index (χ4n) is 4.13. The lowest BCUT2D eigenvalue weighted by Crippen LogP contribution is -2.41. The molecule has 5 rings (SSSR count). The van der Waals surface area contributed by atoms with Crippen LogP contribution in [0.4, 0.5) is 5.82 Å². The molecule has 0 aliphatic carbocycles. The third-order valence-electron chi connectivity index (χ3n) is 5.87. The van der Waals surface area contributed by atoms with Crippen LogP contribution >= 0.6 is 0 Å². The number of ether oxygens (including phenoxy) is 1. The second-order valence-electron chi connectivity index (χ2n) is 8.28. The lowest BCUT2D eigenvalue weighted by atomic mass is 10.1. The number of Topliss-reactive ketones (excluding diaryl/α,β-unsaturated/α-hetero) is 1. The van der Waals surface area contributed by atoms with Gasteiger partial charge in [-0.2, -0.15) is 0 Å². The quantitative estimate of drug-likeness (QED) is 0.281. The summed E-state index contributed by atoms with van der Waals surface area (Å²) in [5, 5.41) is 26.3. The summed E-state index contributed by atoms with van der Waals surface area (Å²) in [4.78, 5) is 40.7. The summed E-state index contributed by atoms with van der Waals surface area (Å²) in [7, 11) is 1.42. The van der Waals surface area contributed by atoms with Gasteiger partial charge in [0, 0.05) is 20.5 Å². The van der Waals surface area contributed by atoms with Crippen LogP contribution in [0.1, 0.15) is 35.0 Å². The van der Waals surface area contributed by atoms with Crippen LogP contribution in [0, 0.1) is 6.92 Å². The second kappa shape index (κ2) is 8.69. The zero-order chi connectivity index (χ0) is 24.9. The first-order chi connectivity index (χ1) is 16.8. The molecule has 1 fully saturated rings. The zero-order valence-corrected chi connectivity index (χ0v) is 19.1. The third kappa shape index (κ3) is 3.88. The highest BCUT2D eigenvalue weighted by molar-refractivity contribution is 5.92. The Morgan fingerprint density at radius 3 is 2.71 bits per heavy atom. The van der Waals surface area contributed by atoms with Crippen molar-refractivity contribution in [3.05, 3.63) is 41.8 Å². The zero-order valence-electron chi connectivity index (χ0n) is 19.1. The smallest absolute Gasteiger partial charge is 0.263 e. The van der Waals surface area contributed by atoms with E-state index in [1.54, 1.807) is 0 Å². The molecule has 182 valence electrons. The molecule has 4 atom stereocenters. The van der Waals surface area contributed by atoms with Crippen LogP contribution in [-0.4, -0.2) is 71.8 Å². The van der Waals surface area contributed by atoms with E-state index in [4.69, 9.17) is 9.15 Å². The number of hydrogen-bond donors (Lipinski definition) is 4. The number of oxazole rings is 1. The molecule has 13 heteroatoms. The number of rotatable bonds is 6. The number of likely N-dealkylation sites (N-methyl/N-ethyl adjacent to an activating group) is 1. The topological polar surface area (TPSA) is 178 Å². The first-order valence-corrected chi connectivity index (χ1v) is 10.8. The standard InChI is InChI=1S/C22H23N7O6/c1-9-4-11(5-12-16(9)34-21(28-12)10(2)30)6-24-18-13-19(26-7-25-18)29(8-27-13)22-15(32)14(31)17(35-22)20(33)23-3/h4-5,7-8,14-15,17,22,31-32H,6H2,1-3H3,(H,23,33)(H,24,25,26)/t14-,15+,17-,22+/m0/s1. The lowest BCUT2D eigenvalue weighted by molar-refractivity contribution is -0.137. The Balaban J connectivity index is 1.40. The van der Waals surface area contributed by atoms with E-state index in [0.29, 0.717) is 34.6 Å². The van der Waals surface area contributed by atoms with Crippen molar-refractivity contribution >= 4 is 39.8 Å². The summed E-state index contributed by atoms with van der Waals surface area (Å²) in [5.74, 6) is -0.289. The third-order valence-corrected chi connectivity index (χ3v) is 5.87. The normalized spacial score (nSPS) is 22.1. The summed E-state index contributed by atoms with van der Waals surface area (Å²) < 4.78 is 12.6. The number of ketones is 1. The van der Waals surface area contributed by atoms with Crippen molar-refractivity contribution in [2.24, 2.45) is 0 Å². The van der Waals surface area contributed by atoms with E-state index in [-0.39, 0.29) is 11.7 Å². The van der Waals surface area contributed by atoms with E-state index in [2.05, 4.69) is 30.6 Å². The summed E-state index contributed by atoms with van der Waals surface area (Å²) in [6.45, 7) is 3.65. The molecule has 3 aromatic heterocycles. The molecule has 0 unspecified atom stereocenters. The number of aliphatic hydroxyl groups is 2. The van der Waals surface area contributed by atoms with Crippen LogP contribution in [-0.2, 0) is 16.1 Å². The van der Waals surface area contributed by atoms with Crippen LogP contribution in [0.25, 0.3) is 22.3 Å². The van der Waals surface area contributed by atoms with Gasteiger partial charge in [0.05, 0.1) is 6.33 Å². The molecule has 1 saturated heterocycles. The molecule has 0 saturated carbocycles. The van der Waals surface area contributed by atoms with Gasteiger partial charge in [-0.25, -0.2) is 19.9 Å². The molecule has 0 radical (unpaired) electrons. The van der Waals surface area contributed by atoms with Crippen LogP contribution in [0.5, 0.6) is 0 Å². The molecule has 4 N–H and O–H groups in total. The molecular formula is C22H23N7O6. The van der Waals surface area contributed by atoms with Gasteiger partial charge in [-0.1, -0.05) is 6.07 Å². The van der Waals surface area contributed by atoms with Gasteiger partial charge in [-0.3, -0.25) is 14.2 Å². The monoisotopic (exact) mass is 481 g/mol. The van der Waals surface area contributed by atoms with E-state index in [1.807, 2.05) is 19.1 Å². The van der Waals surface area contributed by atoms with E-state index in [0.717, 1.165) is 11.1 Å². The Morgan fingerprint density at radius 2 is 1.97 bits per heavy atom. The van der Waals surface area contributed by atoms with Crippen molar-refractivity contribution in [1.29, 1.82) is 0 Å². The van der Waals surface area contributed by atoms with Gasteiger partial charge in [0.2, 0.25) is 5.78 Å². The van der Waals surface area contributed by atoms with Crippen LogP contribution in [0.3, 0.4) is 0 Å². The summed E-state index contributed by atoms with van der Waals surface area (Å²) >= 11 is 0. The molecular weight excluding hydrogens is 458 g/mol. The minimum Gasteiger partial charge on any atom is -0.433 e. The maximum absolute atomic E-state index is 12.0. The number of carbonyl (C=O) groups excluding carboxylic acids is 2. The molecule has 13 nitrogen and oxygen atoms in total. The maximum atomic E-state index is 12.0. The summed E-state index contributed by atoms with van der Waals surface area (Å²) in [6.07, 6.45) is -2.31. The van der Waals surface area contributed by atoms with Gasteiger partial charge in [0.1, 0.15) is 24.1 Å². The molecule has 1 aliphatic rings. The van der Waals surface area contributed by atoms with Crippen LogP contribution in [0.15, 0.2) is 29.2 Å². The molecule has 0 spiro atoms. The summed E-state index contributed by atoms with van der Waals surface area (Å²) in [5.41, 5.74) is 3.64. The fourth-order valence-corrected chi connectivity index (χ4v) is 4.13. The first kappa shape index (κ1) is 22.8. The van der Waals surface area contributed by atoms with Gasteiger partial charge in [-0.05, 0) is 24.1 Å². The highest BCUT2D eigenvalue weighted by Crippen LogP contribution is 2.32. The van der Waals surface area contributed by atoms with Gasteiger partial charge in [0.25, 0.3) is 11.8 Å². The number of aromatic nitrogens is 5. The van der Waals surface area contributed by atoms with E-state index >= 15 is 0 Å². The predicted molar refractivity (Wildman–Crippen MR) is 121 cm³/mol. The number of fused-ring (bicyclic) bond motifs is 2. The van der Waals surface area contributed by atoms with Gasteiger partial charge < -0.3 is 30.0 Å². The van der Waals surface area contributed by atoms with Gasteiger partial charge in [0.15, 0.2) is 34.9 Å². The van der Waals surface area contributed by atoms with E-state index in [1.165, 1.54) is 31.2 Å². The van der Waals surface area contributed by atoms with Crippen molar-refractivity contribution in [1.82, 2.24) is 29.8 Å². The largest absolute Gasteiger partial charge is 0.433 e. The fraction of sp³-hybridized carbons (Fsp3) is 0.364. The first-order valence-electron chi connectivity index (χ1n) is 10.8. The van der Waals surface area contributed by atoms with Crippen LogP contribution < -0.4 is 10.6 Å². The number of carbonyl (C=O) groups is 2. The number of benzene rings is 1. The predicted octanol–water partition coefficient (Wildman–Crippen LogP) is 0.456. The Hall–Kier alpha value is -3.94. The molecule has 1 aromatic carbocycles. The number of nitrogens with zero attached hydrogens (tertiary/aromatic N) is 5. The number of imidazole rings is 1. The van der Waals surface area contributed by atoms with Crippen LogP contribution in [0.2, 0.25) is 0 Å². The minimum atomic E-state index is -1.41. The van der Waals surface area contributed by atoms with Crippen molar-refractivity contribution < 1.29 is 29.0 Å². The van der Waals surface area contributed by atoms with Crippen molar-refractivity contribution in [2.75, 3.05) is 12.4 Å². The highest BCUT2D eigenvalue weighted by atomic mass is 16.6. The average molecular weight is 481 g/mol. The minimum absolute atomic E-state index is 0.0661. The molecule has 4 aromatic rings. The second-order valence-corrected chi connectivity index (χ2v) is 8.28. The Bertz CT molecular complexity index is 1450. The molecule has 4 heterocycles. The van der Waals surface area contributed by atoms with Gasteiger partial charge >= 0.3 is 0 Å². The van der Waals surface area contributed by atoms with Gasteiger partial charge in [-0.15, -0.1) is 0 Å². The number of anilines is 1. The lowest BCUT2D eigenvalue weighted by Gasteiger charge is -2.16. The van der Waals surface area contributed by atoms with E-state index in [9.17, 15) is 19.8 Å². The number of hydrogen-bond acceptors (Lipinski definition) is 11. The Morgan fingerprint density at radius 1 is 1.17 bits per heavy atom. The average Bonchev–Trinajstić information content (AvgIpc) is 3.54. The van der Waals surface area contributed by atoms with Crippen molar-refractivity contribution in [2.45, 2.75) is 44.9 Å². The molecule has 35 heavy (non-hydrogen) atoms.